The number of allylic oxidation sites excluding steroid dienone is 3. The first kappa shape index (κ1) is 21.4. The van der Waals surface area contributed by atoms with Crippen molar-refractivity contribution >= 4 is 12.0 Å². The van der Waals surface area contributed by atoms with E-state index in [0.29, 0.717) is 29.4 Å². The number of hydrogen-bond acceptors (Lipinski definition) is 4. The normalized spacial score (nSPS) is 11.3. The van der Waals surface area contributed by atoms with Crippen LogP contribution in [-0.2, 0) is 4.79 Å². The summed E-state index contributed by atoms with van der Waals surface area (Å²) in [6.07, 6.45) is 8.80. The molecule has 5 nitrogen and oxygen atoms in total. The predicted molar refractivity (Wildman–Crippen MR) is 104 cm³/mol. The van der Waals surface area contributed by atoms with Crippen molar-refractivity contribution in [3.05, 3.63) is 47.1 Å². The van der Waals surface area contributed by atoms with Crippen molar-refractivity contribution in [2.24, 2.45) is 0 Å². The van der Waals surface area contributed by atoms with Gasteiger partial charge in [-0.3, -0.25) is 0 Å². The van der Waals surface area contributed by atoms with E-state index in [2.05, 4.69) is 26.8 Å². The Kier molecular flexibility index (Phi) is 9.06. The van der Waals surface area contributed by atoms with Gasteiger partial charge >= 0.3 is 5.97 Å². The van der Waals surface area contributed by atoms with E-state index in [1.54, 1.807) is 12.1 Å². The Labute approximate surface area is 155 Å². The van der Waals surface area contributed by atoms with Gasteiger partial charge in [0.2, 0.25) is 5.75 Å². The van der Waals surface area contributed by atoms with E-state index in [0.717, 1.165) is 18.9 Å². The molecule has 1 aromatic rings. The Morgan fingerprint density at radius 3 is 2.19 bits per heavy atom. The smallest absolute Gasteiger partial charge is 0.328 e. The van der Waals surface area contributed by atoms with Gasteiger partial charge in [0.25, 0.3) is 0 Å². The lowest BCUT2D eigenvalue weighted by molar-refractivity contribution is -0.131. The molecule has 142 valence electrons. The minimum Gasteiger partial charge on any atom is -0.493 e. The van der Waals surface area contributed by atoms with Crippen LogP contribution < -0.4 is 14.2 Å². The van der Waals surface area contributed by atoms with Gasteiger partial charge in [-0.1, -0.05) is 17.2 Å². The number of aliphatic carboxylic acids is 1. The molecule has 0 radical (unpaired) electrons. The van der Waals surface area contributed by atoms with E-state index in [1.807, 2.05) is 6.08 Å². The summed E-state index contributed by atoms with van der Waals surface area (Å²) in [6.45, 7) is 6.67. The van der Waals surface area contributed by atoms with E-state index in [4.69, 9.17) is 19.3 Å². The molecule has 0 atom stereocenters. The van der Waals surface area contributed by atoms with Crippen LogP contribution in [0.2, 0.25) is 0 Å². The second kappa shape index (κ2) is 11.0. The molecule has 0 aliphatic carbocycles. The molecule has 0 spiro atoms. The molecule has 0 amide bonds. The Morgan fingerprint density at radius 2 is 1.69 bits per heavy atom. The average molecular weight is 360 g/mol. The van der Waals surface area contributed by atoms with Crippen LogP contribution in [0.5, 0.6) is 17.2 Å². The number of hydrogen-bond donors (Lipinski definition) is 1. The molecule has 0 aliphatic heterocycles. The van der Waals surface area contributed by atoms with Crippen LogP contribution in [0.1, 0.15) is 39.2 Å². The summed E-state index contributed by atoms with van der Waals surface area (Å²) in [5.41, 5.74) is 3.23. The molecular weight excluding hydrogens is 332 g/mol. The van der Waals surface area contributed by atoms with Gasteiger partial charge in [-0.05, 0) is 63.5 Å². The maximum Gasteiger partial charge on any atom is 0.328 e. The fraction of sp³-hybridized carbons (Fsp3) is 0.381. The Morgan fingerprint density at radius 1 is 1.08 bits per heavy atom. The van der Waals surface area contributed by atoms with Crippen molar-refractivity contribution in [2.45, 2.75) is 33.6 Å². The summed E-state index contributed by atoms with van der Waals surface area (Å²) < 4.78 is 16.6. The van der Waals surface area contributed by atoms with Crippen LogP contribution in [0.25, 0.3) is 6.08 Å². The molecule has 0 heterocycles. The molecule has 0 bridgehead atoms. The zero-order valence-electron chi connectivity index (χ0n) is 16.2. The molecule has 0 saturated carbocycles. The number of rotatable bonds is 10. The average Bonchev–Trinajstić information content (AvgIpc) is 2.59. The van der Waals surface area contributed by atoms with Gasteiger partial charge in [0.1, 0.15) is 6.61 Å². The van der Waals surface area contributed by atoms with Crippen LogP contribution >= 0.6 is 0 Å². The van der Waals surface area contributed by atoms with Crippen molar-refractivity contribution in [1.29, 1.82) is 0 Å². The minimum atomic E-state index is -1.02. The monoisotopic (exact) mass is 360 g/mol. The molecule has 1 rings (SSSR count). The first-order chi connectivity index (χ1) is 12.4. The van der Waals surface area contributed by atoms with Gasteiger partial charge in [-0.2, -0.15) is 0 Å². The molecule has 5 heteroatoms. The summed E-state index contributed by atoms with van der Waals surface area (Å²) in [7, 11) is 3.07. The number of methoxy groups -OCH3 is 2. The van der Waals surface area contributed by atoms with Gasteiger partial charge in [0.15, 0.2) is 11.5 Å². The van der Waals surface area contributed by atoms with E-state index in [-0.39, 0.29) is 0 Å². The van der Waals surface area contributed by atoms with Crippen molar-refractivity contribution < 1.29 is 24.1 Å². The summed E-state index contributed by atoms with van der Waals surface area (Å²) in [5, 5.41) is 8.76. The molecule has 0 fully saturated rings. The lowest BCUT2D eigenvalue weighted by atomic mass is 10.1. The van der Waals surface area contributed by atoms with E-state index < -0.39 is 5.97 Å². The second-order valence-electron chi connectivity index (χ2n) is 6.11. The third-order valence-corrected chi connectivity index (χ3v) is 3.65. The highest BCUT2D eigenvalue weighted by Gasteiger charge is 2.13. The largest absolute Gasteiger partial charge is 0.493 e. The molecular formula is C21H28O5. The fourth-order valence-electron chi connectivity index (χ4n) is 2.26. The van der Waals surface area contributed by atoms with Crippen LogP contribution in [0.4, 0.5) is 0 Å². The van der Waals surface area contributed by atoms with E-state index in [9.17, 15) is 4.79 Å². The molecule has 0 aliphatic rings. The number of benzene rings is 1. The molecule has 0 saturated heterocycles. The van der Waals surface area contributed by atoms with Crippen molar-refractivity contribution in [3.63, 3.8) is 0 Å². The molecule has 26 heavy (non-hydrogen) atoms. The Hall–Kier alpha value is -2.69. The zero-order valence-corrected chi connectivity index (χ0v) is 16.2. The third kappa shape index (κ3) is 7.47. The molecule has 0 unspecified atom stereocenters. The predicted octanol–water partition coefficient (Wildman–Crippen LogP) is 4.87. The zero-order chi connectivity index (χ0) is 19.5. The summed E-state index contributed by atoms with van der Waals surface area (Å²) in [6, 6.07) is 3.42. The number of carboxylic acids is 1. The molecule has 1 aromatic carbocycles. The SMILES string of the molecule is COc1cc(/C=C/C(=O)O)cc(OC)c1OC/C=C(\C)CCC=C(C)C. The fourth-order valence-corrected chi connectivity index (χ4v) is 2.26. The lowest BCUT2D eigenvalue weighted by Crippen LogP contribution is -2.01. The van der Waals surface area contributed by atoms with Crippen molar-refractivity contribution in [2.75, 3.05) is 20.8 Å². The van der Waals surface area contributed by atoms with Crippen LogP contribution in [0.15, 0.2) is 41.5 Å². The van der Waals surface area contributed by atoms with Crippen LogP contribution in [0.3, 0.4) is 0 Å². The maximum atomic E-state index is 10.7. The quantitative estimate of drug-likeness (QED) is 0.476. The van der Waals surface area contributed by atoms with Crippen molar-refractivity contribution in [3.8, 4) is 17.2 Å². The van der Waals surface area contributed by atoms with Gasteiger partial charge in [-0.15, -0.1) is 0 Å². The highest BCUT2D eigenvalue weighted by Crippen LogP contribution is 2.39. The second-order valence-corrected chi connectivity index (χ2v) is 6.11. The standard InChI is InChI=1S/C21H28O5/c1-15(2)7-6-8-16(3)11-12-26-21-18(24-4)13-17(9-10-20(22)23)14-19(21)25-5/h7,9-11,13-14H,6,8,12H2,1-5H3,(H,22,23)/b10-9+,16-11+. The summed E-state index contributed by atoms with van der Waals surface area (Å²) in [5.74, 6) is 0.461. The number of carboxylic acid groups (broad SMARTS) is 1. The highest BCUT2D eigenvalue weighted by atomic mass is 16.5. The lowest BCUT2D eigenvalue weighted by Gasteiger charge is -2.14. The third-order valence-electron chi connectivity index (χ3n) is 3.65. The molecule has 1 N–H and O–H groups in total. The Balaban J connectivity index is 2.88. The summed E-state index contributed by atoms with van der Waals surface area (Å²) in [4.78, 5) is 10.7. The Bertz CT molecular complexity index is 669. The maximum absolute atomic E-state index is 10.7. The first-order valence-corrected chi connectivity index (χ1v) is 8.46. The van der Waals surface area contributed by atoms with E-state index >= 15 is 0 Å². The van der Waals surface area contributed by atoms with E-state index in [1.165, 1.54) is 31.4 Å². The molecule has 0 aromatic heterocycles. The number of ether oxygens (including phenoxy) is 3. The van der Waals surface area contributed by atoms with Crippen LogP contribution in [-0.4, -0.2) is 31.9 Å². The van der Waals surface area contributed by atoms with Gasteiger partial charge in [0, 0.05) is 6.08 Å². The van der Waals surface area contributed by atoms with Gasteiger partial charge in [0.05, 0.1) is 14.2 Å². The van der Waals surface area contributed by atoms with Crippen molar-refractivity contribution in [1.82, 2.24) is 0 Å². The summed E-state index contributed by atoms with van der Waals surface area (Å²) >= 11 is 0. The van der Waals surface area contributed by atoms with Gasteiger partial charge in [-0.25, -0.2) is 4.79 Å². The van der Waals surface area contributed by atoms with Crippen LogP contribution in [0, 0.1) is 0 Å². The number of carbonyl (C=O) groups is 1. The first-order valence-electron chi connectivity index (χ1n) is 8.46. The topological polar surface area (TPSA) is 65.0 Å². The van der Waals surface area contributed by atoms with Gasteiger partial charge < -0.3 is 19.3 Å². The minimum absolute atomic E-state index is 0.400. The highest BCUT2D eigenvalue weighted by molar-refractivity contribution is 5.85.